The summed E-state index contributed by atoms with van der Waals surface area (Å²) < 4.78 is 5.75. The molecule has 256 valence electrons. The molecular weight excluding hydrogens is 603 g/mol. The summed E-state index contributed by atoms with van der Waals surface area (Å²) >= 11 is 0. The van der Waals surface area contributed by atoms with E-state index in [1.165, 1.54) is 22.3 Å². The van der Waals surface area contributed by atoms with Gasteiger partial charge in [-0.15, -0.1) is 12.0 Å². The summed E-state index contributed by atoms with van der Waals surface area (Å²) in [6.45, 7) is 29.3. The zero-order valence-corrected chi connectivity index (χ0v) is 33.0. The minimum atomic E-state index is -1.93. The lowest BCUT2D eigenvalue weighted by atomic mass is 9.79. The van der Waals surface area contributed by atoms with Crippen molar-refractivity contribution in [3.63, 3.8) is 0 Å². The van der Waals surface area contributed by atoms with Crippen LogP contribution in [-0.2, 0) is 35.3 Å². The summed E-state index contributed by atoms with van der Waals surface area (Å²) in [5, 5.41) is 0. The molecule has 0 aliphatic carbocycles. The largest absolute Gasteiger partial charge is 0.457 e. The van der Waals surface area contributed by atoms with Crippen molar-refractivity contribution in [2.24, 2.45) is 0 Å². The second-order valence-electron chi connectivity index (χ2n) is 16.6. The fraction of sp³-hybridized carbons (Fsp3) is 0.477. The van der Waals surface area contributed by atoms with Crippen LogP contribution in [0, 0.1) is 23.8 Å². The minimum Gasteiger partial charge on any atom is -0.457 e. The summed E-state index contributed by atoms with van der Waals surface area (Å²) in [7, 11) is 0.235. The molecular formula is C44H59NO2Si. The molecule has 0 amide bonds. The third-order valence-corrected chi connectivity index (χ3v) is 15.9. The topological polar surface area (TPSA) is 29.5 Å². The van der Waals surface area contributed by atoms with Crippen LogP contribution in [0.4, 0.5) is 0 Å². The van der Waals surface area contributed by atoms with E-state index >= 15 is 0 Å². The van der Waals surface area contributed by atoms with Gasteiger partial charge in [0.05, 0.1) is 5.56 Å². The summed E-state index contributed by atoms with van der Waals surface area (Å²) in [5.74, 6) is 5.72. The number of hydrogen-bond acceptors (Lipinski definition) is 3. The van der Waals surface area contributed by atoms with E-state index < -0.39 is 14.0 Å². The van der Waals surface area contributed by atoms with Gasteiger partial charge in [-0.3, -0.25) is 4.90 Å². The maximum Gasteiger partial charge on any atom is 0.338 e. The van der Waals surface area contributed by atoms with Crippen molar-refractivity contribution < 1.29 is 9.53 Å². The Labute approximate surface area is 293 Å². The fourth-order valence-corrected chi connectivity index (χ4v) is 12.0. The zero-order valence-electron chi connectivity index (χ0n) is 32.0. The maximum absolute atomic E-state index is 13.2. The van der Waals surface area contributed by atoms with E-state index in [9.17, 15) is 4.79 Å². The van der Waals surface area contributed by atoms with E-state index in [-0.39, 0.29) is 17.4 Å². The van der Waals surface area contributed by atoms with Crippen molar-refractivity contribution in [3.8, 4) is 23.8 Å². The lowest BCUT2D eigenvalue weighted by Gasteiger charge is -2.38. The average molecular weight is 662 g/mol. The predicted octanol–water partition coefficient (Wildman–Crippen LogP) is 10.8. The van der Waals surface area contributed by atoms with Gasteiger partial charge in [0.25, 0.3) is 0 Å². The standard InChI is InChI=1S/C44H59NO2Si/c1-15-34-22-37(20-21-48(31(2)3,32(4)5)33(6)7)24-39(23-34)42(46)47-30-36-18-16-35(17-19-36)28-45(14)29-38-25-40(43(8,9)10)27-41(26-38)44(11,12)13/h1,16-19,22-27,31-33H,28-30H2,2-14H3. The molecule has 4 heteroatoms. The number of hydrogen-bond donors (Lipinski definition) is 0. The maximum atomic E-state index is 13.2. The van der Waals surface area contributed by atoms with Crippen LogP contribution in [-0.4, -0.2) is 26.0 Å². The van der Waals surface area contributed by atoms with Crippen LogP contribution < -0.4 is 0 Å². The predicted molar refractivity (Wildman–Crippen MR) is 207 cm³/mol. The molecule has 0 radical (unpaired) electrons. The molecule has 3 rings (SSSR count). The Morgan fingerprint density at radius 2 is 1.21 bits per heavy atom. The molecule has 0 aliphatic heterocycles. The summed E-state index contributed by atoms with van der Waals surface area (Å²) in [6, 6.07) is 20.8. The van der Waals surface area contributed by atoms with Crippen molar-refractivity contribution >= 4 is 14.0 Å². The Balaban J connectivity index is 1.70. The van der Waals surface area contributed by atoms with Crippen molar-refractivity contribution in [3.05, 3.63) is 105 Å². The smallest absolute Gasteiger partial charge is 0.338 e. The molecule has 3 aromatic rings. The van der Waals surface area contributed by atoms with Crippen LogP contribution in [0.25, 0.3) is 0 Å². The van der Waals surface area contributed by atoms with Crippen LogP contribution in [0.15, 0.2) is 60.7 Å². The van der Waals surface area contributed by atoms with E-state index in [0.29, 0.717) is 27.8 Å². The number of carbonyl (C=O) groups excluding carboxylic acids is 1. The molecule has 0 bridgehead atoms. The molecule has 0 aromatic heterocycles. The van der Waals surface area contributed by atoms with E-state index in [4.69, 9.17) is 11.2 Å². The van der Waals surface area contributed by atoms with Gasteiger partial charge in [-0.05, 0) is 80.5 Å². The molecule has 0 N–H and O–H groups in total. The molecule has 0 fully saturated rings. The SMILES string of the molecule is C#Cc1cc(C#C[Si](C(C)C)(C(C)C)C(C)C)cc(C(=O)OCc2ccc(CN(C)Cc3cc(C(C)(C)C)cc(C(C)(C)C)c3)cc2)c1. The van der Waals surface area contributed by atoms with Crippen LogP contribution in [0.3, 0.4) is 0 Å². The molecule has 48 heavy (non-hydrogen) atoms. The first-order valence-corrected chi connectivity index (χ1v) is 19.7. The summed E-state index contributed by atoms with van der Waals surface area (Å²) in [4.78, 5) is 15.5. The van der Waals surface area contributed by atoms with Gasteiger partial charge in [-0.25, -0.2) is 4.79 Å². The normalized spacial score (nSPS) is 12.3. The third-order valence-electron chi connectivity index (χ3n) is 9.65. The molecule has 0 saturated heterocycles. The molecule has 0 spiro atoms. The highest BCUT2D eigenvalue weighted by atomic mass is 28.3. The average Bonchev–Trinajstić information content (AvgIpc) is 2.99. The van der Waals surface area contributed by atoms with Gasteiger partial charge < -0.3 is 4.74 Å². The van der Waals surface area contributed by atoms with Crippen LogP contribution in [0.1, 0.15) is 132 Å². The number of benzene rings is 3. The number of rotatable bonds is 10. The van der Waals surface area contributed by atoms with Gasteiger partial charge in [-0.2, -0.15) is 0 Å². The zero-order chi connectivity index (χ0) is 36.0. The van der Waals surface area contributed by atoms with Crippen LogP contribution in [0.2, 0.25) is 16.6 Å². The van der Waals surface area contributed by atoms with E-state index in [2.05, 4.69) is 143 Å². The highest BCUT2D eigenvalue weighted by molar-refractivity contribution is 6.90. The van der Waals surface area contributed by atoms with Gasteiger partial charge in [0, 0.05) is 24.2 Å². The number of nitrogens with zero attached hydrogens (tertiary/aromatic N) is 1. The molecule has 0 atom stereocenters. The Kier molecular flexibility index (Phi) is 12.8. The van der Waals surface area contributed by atoms with Crippen molar-refractivity contribution in [2.75, 3.05) is 7.05 Å². The monoisotopic (exact) mass is 661 g/mol. The van der Waals surface area contributed by atoms with Crippen molar-refractivity contribution in [1.29, 1.82) is 0 Å². The number of carbonyl (C=O) groups is 1. The first kappa shape index (κ1) is 38.9. The highest BCUT2D eigenvalue weighted by Gasteiger charge is 2.41. The van der Waals surface area contributed by atoms with E-state index in [1.54, 1.807) is 6.07 Å². The molecule has 0 heterocycles. The minimum absolute atomic E-state index is 0.0945. The van der Waals surface area contributed by atoms with Gasteiger partial charge in [0.2, 0.25) is 0 Å². The quantitative estimate of drug-likeness (QED) is 0.123. The number of ether oxygens (including phenoxy) is 1. The Hall–Kier alpha value is -3.57. The summed E-state index contributed by atoms with van der Waals surface area (Å²) in [6.07, 6.45) is 5.77. The highest BCUT2D eigenvalue weighted by Crippen LogP contribution is 2.41. The van der Waals surface area contributed by atoms with E-state index in [0.717, 1.165) is 24.2 Å². The molecule has 0 saturated carbocycles. The van der Waals surface area contributed by atoms with Crippen LogP contribution in [0.5, 0.6) is 0 Å². The number of terminal acetylenes is 1. The van der Waals surface area contributed by atoms with Crippen LogP contribution >= 0.6 is 0 Å². The van der Waals surface area contributed by atoms with Gasteiger partial charge in [0.15, 0.2) is 0 Å². The molecule has 3 aromatic carbocycles. The molecule has 0 aliphatic rings. The lowest BCUT2D eigenvalue weighted by molar-refractivity contribution is 0.0472. The lowest BCUT2D eigenvalue weighted by Crippen LogP contribution is -2.43. The Morgan fingerprint density at radius 1 is 0.729 bits per heavy atom. The number of esters is 1. The second-order valence-corrected chi connectivity index (χ2v) is 22.2. The van der Waals surface area contributed by atoms with Gasteiger partial charge >= 0.3 is 5.97 Å². The third kappa shape index (κ3) is 9.98. The van der Waals surface area contributed by atoms with Gasteiger partial charge in [-0.1, -0.05) is 137 Å². The van der Waals surface area contributed by atoms with E-state index in [1.807, 2.05) is 24.3 Å². The first-order chi connectivity index (χ1) is 22.3. The Bertz CT molecular complexity index is 1610. The second kappa shape index (κ2) is 15.8. The van der Waals surface area contributed by atoms with Gasteiger partial charge in [0.1, 0.15) is 14.7 Å². The Morgan fingerprint density at radius 3 is 1.69 bits per heavy atom. The molecule has 3 nitrogen and oxygen atoms in total. The van der Waals surface area contributed by atoms with Crippen molar-refractivity contribution in [2.45, 2.75) is 130 Å². The molecule has 0 unspecified atom stereocenters. The first-order valence-electron chi connectivity index (χ1n) is 17.5. The van der Waals surface area contributed by atoms with Crippen molar-refractivity contribution in [1.82, 2.24) is 4.90 Å². The summed E-state index contributed by atoms with van der Waals surface area (Å²) in [5.41, 5.74) is 13.6. The fourth-order valence-electron chi connectivity index (χ4n) is 6.82.